The van der Waals surface area contributed by atoms with Crippen LogP contribution in [-0.2, 0) is 0 Å². The predicted molar refractivity (Wildman–Crippen MR) is 92.5 cm³/mol. The fourth-order valence-corrected chi connectivity index (χ4v) is 3.74. The molecule has 1 atom stereocenters. The average Bonchev–Trinajstić information content (AvgIpc) is 2.61. The van der Waals surface area contributed by atoms with Gasteiger partial charge in [-0.1, -0.05) is 74.6 Å². The first-order chi connectivity index (χ1) is 10.9. The Bertz CT molecular complexity index is 552. The molecule has 0 N–H and O–H groups in total. The maximum absolute atomic E-state index is 5.30. The van der Waals surface area contributed by atoms with E-state index in [2.05, 4.69) is 54.6 Å². The van der Waals surface area contributed by atoms with Crippen molar-refractivity contribution in [1.82, 2.24) is 0 Å². The van der Waals surface area contributed by atoms with Crippen molar-refractivity contribution >= 4 is 0 Å². The van der Waals surface area contributed by atoms with Gasteiger partial charge < -0.3 is 4.74 Å². The van der Waals surface area contributed by atoms with Gasteiger partial charge in [-0.2, -0.15) is 0 Å². The fourth-order valence-electron chi connectivity index (χ4n) is 3.74. The molecule has 0 heterocycles. The van der Waals surface area contributed by atoms with E-state index in [4.69, 9.17) is 4.74 Å². The van der Waals surface area contributed by atoms with E-state index in [-0.39, 0.29) is 0 Å². The minimum Gasteiger partial charge on any atom is -0.497 e. The second-order valence-corrected chi connectivity index (χ2v) is 6.48. The van der Waals surface area contributed by atoms with E-state index < -0.39 is 0 Å². The molecule has 3 rings (SSSR count). The lowest BCUT2D eigenvalue weighted by molar-refractivity contribution is 0.327. The van der Waals surface area contributed by atoms with E-state index in [1.807, 2.05) is 0 Å². The highest BCUT2D eigenvalue weighted by molar-refractivity contribution is 5.36. The molecule has 116 valence electrons. The van der Waals surface area contributed by atoms with Crippen LogP contribution in [0.15, 0.2) is 54.6 Å². The molecule has 0 bridgehead atoms. The summed E-state index contributed by atoms with van der Waals surface area (Å²) in [5.41, 5.74) is 2.86. The zero-order valence-electron chi connectivity index (χ0n) is 13.5. The van der Waals surface area contributed by atoms with Crippen LogP contribution in [0.5, 0.6) is 5.75 Å². The fraction of sp³-hybridized carbons (Fsp3) is 0.429. The van der Waals surface area contributed by atoms with E-state index in [1.54, 1.807) is 7.11 Å². The zero-order chi connectivity index (χ0) is 15.2. The van der Waals surface area contributed by atoms with Gasteiger partial charge in [0.25, 0.3) is 0 Å². The quantitative estimate of drug-likeness (QED) is 0.677. The summed E-state index contributed by atoms with van der Waals surface area (Å²) in [5, 5.41) is 0. The van der Waals surface area contributed by atoms with Crippen LogP contribution < -0.4 is 4.74 Å². The van der Waals surface area contributed by atoms with Crippen molar-refractivity contribution < 1.29 is 4.74 Å². The molecule has 0 spiro atoms. The minimum atomic E-state index is 0.509. The molecule has 1 aliphatic rings. The Hall–Kier alpha value is -1.76. The summed E-state index contributed by atoms with van der Waals surface area (Å²) in [4.78, 5) is 0. The van der Waals surface area contributed by atoms with Crippen LogP contribution in [0.1, 0.15) is 55.6 Å². The van der Waals surface area contributed by atoms with Crippen molar-refractivity contribution in [3.05, 3.63) is 65.7 Å². The summed E-state index contributed by atoms with van der Waals surface area (Å²) in [6.45, 7) is 0. The second-order valence-electron chi connectivity index (χ2n) is 6.48. The number of ether oxygens (including phenoxy) is 1. The Morgan fingerprint density at radius 1 is 0.864 bits per heavy atom. The van der Waals surface area contributed by atoms with Crippen LogP contribution in [-0.4, -0.2) is 7.11 Å². The van der Waals surface area contributed by atoms with Crippen molar-refractivity contribution in [2.24, 2.45) is 5.92 Å². The lowest BCUT2D eigenvalue weighted by Crippen LogP contribution is -2.12. The molecular weight excluding hydrogens is 268 g/mol. The van der Waals surface area contributed by atoms with E-state index in [9.17, 15) is 0 Å². The van der Waals surface area contributed by atoms with Crippen molar-refractivity contribution in [1.29, 1.82) is 0 Å². The number of hydrogen-bond donors (Lipinski definition) is 0. The van der Waals surface area contributed by atoms with E-state index in [0.717, 1.165) is 11.7 Å². The molecule has 0 aliphatic heterocycles. The number of hydrogen-bond acceptors (Lipinski definition) is 1. The van der Waals surface area contributed by atoms with Crippen LogP contribution in [0.3, 0.4) is 0 Å². The molecule has 2 aromatic rings. The third-order valence-electron chi connectivity index (χ3n) is 5.01. The number of methoxy groups -OCH3 is 1. The Labute approximate surface area is 134 Å². The summed E-state index contributed by atoms with van der Waals surface area (Å²) < 4.78 is 5.30. The van der Waals surface area contributed by atoms with Crippen LogP contribution >= 0.6 is 0 Å². The monoisotopic (exact) mass is 294 g/mol. The second kappa shape index (κ2) is 7.49. The predicted octanol–water partition coefficient (Wildman–Crippen LogP) is 5.80. The van der Waals surface area contributed by atoms with Gasteiger partial charge in [0, 0.05) is 5.92 Å². The van der Waals surface area contributed by atoms with Crippen molar-refractivity contribution in [2.45, 2.75) is 44.4 Å². The minimum absolute atomic E-state index is 0.509. The molecule has 1 fully saturated rings. The van der Waals surface area contributed by atoms with E-state index in [1.165, 1.54) is 49.7 Å². The Morgan fingerprint density at radius 2 is 1.50 bits per heavy atom. The Morgan fingerprint density at radius 3 is 2.14 bits per heavy atom. The van der Waals surface area contributed by atoms with Crippen LogP contribution in [0.25, 0.3) is 0 Å². The smallest absolute Gasteiger partial charge is 0.118 e. The number of benzene rings is 2. The molecular formula is C21H26O. The molecule has 1 nitrogen and oxygen atoms in total. The van der Waals surface area contributed by atoms with Crippen LogP contribution in [0, 0.1) is 5.92 Å². The molecule has 0 amide bonds. The van der Waals surface area contributed by atoms with Gasteiger partial charge in [-0.15, -0.1) is 0 Å². The summed E-state index contributed by atoms with van der Waals surface area (Å²) >= 11 is 0. The maximum Gasteiger partial charge on any atom is 0.118 e. The topological polar surface area (TPSA) is 9.23 Å². The van der Waals surface area contributed by atoms with E-state index in [0.29, 0.717) is 5.92 Å². The highest BCUT2D eigenvalue weighted by Gasteiger charge is 2.21. The highest BCUT2D eigenvalue weighted by Crippen LogP contribution is 2.37. The van der Waals surface area contributed by atoms with E-state index >= 15 is 0 Å². The van der Waals surface area contributed by atoms with Gasteiger partial charge in [-0.3, -0.25) is 0 Å². The Balaban J connectivity index is 1.84. The first-order valence-electron chi connectivity index (χ1n) is 8.55. The van der Waals surface area contributed by atoms with Crippen LogP contribution in [0.4, 0.5) is 0 Å². The maximum atomic E-state index is 5.30. The third-order valence-corrected chi connectivity index (χ3v) is 5.01. The SMILES string of the molecule is COc1ccc(C(CC2CCCCC2)c2ccccc2)cc1. The average molecular weight is 294 g/mol. The van der Waals surface area contributed by atoms with Crippen molar-refractivity contribution in [2.75, 3.05) is 7.11 Å². The van der Waals surface area contributed by atoms with Crippen LogP contribution in [0.2, 0.25) is 0 Å². The first-order valence-corrected chi connectivity index (χ1v) is 8.55. The van der Waals surface area contributed by atoms with Gasteiger partial charge >= 0.3 is 0 Å². The normalized spacial score (nSPS) is 17.1. The van der Waals surface area contributed by atoms with Gasteiger partial charge in [-0.25, -0.2) is 0 Å². The van der Waals surface area contributed by atoms with Gasteiger partial charge in [0.05, 0.1) is 7.11 Å². The van der Waals surface area contributed by atoms with Gasteiger partial charge in [0.15, 0.2) is 0 Å². The standard InChI is InChI=1S/C21H26O/c1-22-20-14-12-19(13-15-20)21(18-10-6-3-7-11-18)16-17-8-4-2-5-9-17/h3,6-7,10-15,17,21H,2,4-5,8-9,16H2,1H3. The van der Waals surface area contributed by atoms with Gasteiger partial charge in [0.1, 0.15) is 5.75 Å². The summed E-state index contributed by atoms with van der Waals surface area (Å²) in [6.07, 6.45) is 8.33. The first kappa shape index (κ1) is 15.1. The molecule has 0 radical (unpaired) electrons. The summed E-state index contributed by atoms with van der Waals surface area (Å²) in [5.74, 6) is 2.32. The molecule has 0 saturated heterocycles. The van der Waals surface area contributed by atoms with Crippen molar-refractivity contribution in [3.63, 3.8) is 0 Å². The summed E-state index contributed by atoms with van der Waals surface area (Å²) in [6, 6.07) is 19.6. The largest absolute Gasteiger partial charge is 0.497 e. The van der Waals surface area contributed by atoms with Gasteiger partial charge in [0.2, 0.25) is 0 Å². The molecule has 1 heteroatoms. The highest BCUT2D eigenvalue weighted by atomic mass is 16.5. The number of rotatable bonds is 5. The third kappa shape index (κ3) is 3.71. The molecule has 0 aromatic heterocycles. The Kier molecular flexibility index (Phi) is 5.15. The lowest BCUT2D eigenvalue weighted by atomic mass is 9.78. The molecule has 1 aliphatic carbocycles. The molecule has 1 unspecified atom stereocenters. The zero-order valence-corrected chi connectivity index (χ0v) is 13.5. The van der Waals surface area contributed by atoms with Crippen molar-refractivity contribution in [3.8, 4) is 5.75 Å². The van der Waals surface area contributed by atoms with Gasteiger partial charge in [-0.05, 0) is 35.6 Å². The molecule has 22 heavy (non-hydrogen) atoms. The summed E-state index contributed by atoms with van der Waals surface area (Å²) in [7, 11) is 1.73. The molecule has 2 aromatic carbocycles. The molecule has 1 saturated carbocycles. The lowest BCUT2D eigenvalue weighted by Gasteiger charge is -2.27.